The van der Waals surface area contributed by atoms with Gasteiger partial charge in [0, 0.05) is 11.0 Å². The zero-order valence-electron chi connectivity index (χ0n) is 7.91. The molecule has 0 aliphatic rings. The van der Waals surface area contributed by atoms with Crippen LogP contribution in [0.2, 0.25) is 0 Å². The van der Waals surface area contributed by atoms with Gasteiger partial charge in [-0.15, -0.1) is 0 Å². The standard InChI is InChI=1S/C9H11BrFNO2S/c10-9-5-8(11)2-1-7(9)6-15(13,14)4-3-12/h1-2,5H,3-4,6,12H2. The molecule has 1 rings (SSSR count). The normalized spacial score (nSPS) is 11.7. The van der Waals surface area contributed by atoms with Gasteiger partial charge in [-0.2, -0.15) is 0 Å². The Hall–Kier alpha value is -0.460. The Morgan fingerprint density at radius 2 is 2.07 bits per heavy atom. The number of nitrogens with two attached hydrogens (primary N) is 1. The van der Waals surface area contributed by atoms with Crippen LogP contribution in [0.25, 0.3) is 0 Å². The van der Waals surface area contributed by atoms with E-state index in [1.54, 1.807) is 0 Å². The molecule has 1 aromatic carbocycles. The first kappa shape index (κ1) is 12.6. The number of hydrogen-bond acceptors (Lipinski definition) is 3. The predicted molar refractivity (Wildman–Crippen MR) is 60.6 cm³/mol. The van der Waals surface area contributed by atoms with E-state index in [0.29, 0.717) is 10.0 Å². The van der Waals surface area contributed by atoms with Crippen LogP contribution in [-0.2, 0) is 15.6 Å². The fraction of sp³-hybridized carbons (Fsp3) is 0.333. The molecular formula is C9H11BrFNO2S. The highest BCUT2D eigenvalue weighted by Crippen LogP contribution is 2.20. The second kappa shape index (κ2) is 5.05. The van der Waals surface area contributed by atoms with Crippen molar-refractivity contribution < 1.29 is 12.8 Å². The van der Waals surface area contributed by atoms with E-state index in [0.717, 1.165) is 0 Å². The van der Waals surface area contributed by atoms with Gasteiger partial charge in [-0.1, -0.05) is 22.0 Å². The lowest BCUT2D eigenvalue weighted by atomic mass is 10.2. The maximum Gasteiger partial charge on any atom is 0.155 e. The largest absolute Gasteiger partial charge is 0.329 e. The summed E-state index contributed by atoms with van der Waals surface area (Å²) in [4.78, 5) is 0. The molecule has 0 amide bonds. The van der Waals surface area contributed by atoms with Crippen molar-refractivity contribution in [3.63, 3.8) is 0 Å². The van der Waals surface area contributed by atoms with Gasteiger partial charge in [0.2, 0.25) is 0 Å². The smallest absolute Gasteiger partial charge is 0.155 e. The lowest BCUT2D eigenvalue weighted by Gasteiger charge is -2.05. The number of rotatable bonds is 4. The van der Waals surface area contributed by atoms with Crippen molar-refractivity contribution in [2.24, 2.45) is 5.73 Å². The summed E-state index contributed by atoms with van der Waals surface area (Å²) in [5, 5.41) is 0. The van der Waals surface area contributed by atoms with Crippen LogP contribution in [0.5, 0.6) is 0 Å². The van der Waals surface area contributed by atoms with Gasteiger partial charge < -0.3 is 5.73 Å². The highest BCUT2D eigenvalue weighted by atomic mass is 79.9. The molecule has 15 heavy (non-hydrogen) atoms. The second-order valence-electron chi connectivity index (χ2n) is 3.12. The number of halogens is 2. The van der Waals surface area contributed by atoms with Crippen LogP contribution in [0.1, 0.15) is 5.56 Å². The molecule has 0 atom stereocenters. The molecule has 6 heteroatoms. The molecule has 0 saturated carbocycles. The molecule has 0 radical (unpaired) electrons. The quantitative estimate of drug-likeness (QED) is 0.915. The number of hydrogen-bond donors (Lipinski definition) is 1. The van der Waals surface area contributed by atoms with E-state index in [2.05, 4.69) is 15.9 Å². The van der Waals surface area contributed by atoms with Gasteiger partial charge in [0.25, 0.3) is 0 Å². The molecule has 1 aromatic rings. The number of sulfone groups is 1. The zero-order valence-corrected chi connectivity index (χ0v) is 10.3. The minimum atomic E-state index is -3.20. The van der Waals surface area contributed by atoms with Crippen molar-refractivity contribution in [1.29, 1.82) is 0 Å². The molecule has 0 fully saturated rings. The molecule has 0 unspecified atom stereocenters. The van der Waals surface area contributed by atoms with Crippen molar-refractivity contribution in [2.75, 3.05) is 12.3 Å². The summed E-state index contributed by atoms with van der Waals surface area (Å²) < 4.78 is 36.1. The summed E-state index contributed by atoms with van der Waals surface area (Å²) in [5.41, 5.74) is 5.73. The topological polar surface area (TPSA) is 60.2 Å². The molecule has 0 spiro atoms. The molecule has 3 nitrogen and oxygen atoms in total. The van der Waals surface area contributed by atoms with Crippen LogP contribution >= 0.6 is 15.9 Å². The molecule has 2 N–H and O–H groups in total. The Kier molecular flexibility index (Phi) is 4.24. The van der Waals surface area contributed by atoms with E-state index in [-0.39, 0.29) is 18.1 Å². The Labute approximate surface area is 96.5 Å². The summed E-state index contributed by atoms with van der Waals surface area (Å²) in [6.07, 6.45) is 0. The van der Waals surface area contributed by atoms with E-state index in [1.165, 1.54) is 18.2 Å². The van der Waals surface area contributed by atoms with E-state index in [4.69, 9.17) is 5.73 Å². The van der Waals surface area contributed by atoms with Crippen LogP contribution in [0.4, 0.5) is 4.39 Å². The lowest BCUT2D eigenvalue weighted by Crippen LogP contribution is -2.17. The average Bonchev–Trinajstić information content (AvgIpc) is 2.09. The monoisotopic (exact) mass is 295 g/mol. The van der Waals surface area contributed by atoms with Gasteiger partial charge in [0.1, 0.15) is 5.82 Å². The molecule has 0 aliphatic carbocycles. The van der Waals surface area contributed by atoms with Crippen LogP contribution < -0.4 is 5.73 Å². The average molecular weight is 296 g/mol. The first-order chi connectivity index (χ1) is 6.94. The summed E-state index contributed by atoms with van der Waals surface area (Å²) in [6, 6.07) is 3.93. The third kappa shape index (κ3) is 3.89. The van der Waals surface area contributed by atoms with Gasteiger partial charge in [-0.3, -0.25) is 0 Å². The second-order valence-corrected chi connectivity index (χ2v) is 6.15. The third-order valence-electron chi connectivity index (χ3n) is 1.82. The minimum Gasteiger partial charge on any atom is -0.329 e. The molecule has 0 aromatic heterocycles. The van der Waals surface area contributed by atoms with Crippen molar-refractivity contribution in [2.45, 2.75) is 5.75 Å². The van der Waals surface area contributed by atoms with E-state index in [1.807, 2.05) is 0 Å². The fourth-order valence-corrected chi connectivity index (χ4v) is 3.03. The highest BCUT2D eigenvalue weighted by Gasteiger charge is 2.13. The zero-order chi connectivity index (χ0) is 11.5. The Bertz CT molecular complexity index is 447. The van der Waals surface area contributed by atoms with Crippen LogP contribution in [0.15, 0.2) is 22.7 Å². The maximum atomic E-state index is 12.7. The predicted octanol–water partition coefficient (Wildman–Crippen LogP) is 1.46. The van der Waals surface area contributed by atoms with Crippen molar-refractivity contribution in [3.8, 4) is 0 Å². The third-order valence-corrected chi connectivity index (χ3v) is 4.17. The van der Waals surface area contributed by atoms with Crippen molar-refractivity contribution in [1.82, 2.24) is 0 Å². The summed E-state index contributed by atoms with van der Waals surface area (Å²) in [7, 11) is -3.20. The van der Waals surface area contributed by atoms with Crippen LogP contribution in [-0.4, -0.2) is 20.7 Å². The lowest BCUT2D eigenvalue weighted by molar-refractivity contribution is 0.594. The molecule has 0 saturated heterocycles. The van der Waals surface area contributed by atoms with Gasteiger partial charge >= 0.3 is 0 Å². The van der Waals surface area contributed by atoms with Gasteiger partial charge in [-0.25, -0.2) is 12.8 Å². The number of benzene rings is 1. The Morgan fingerprint density at radius 3 is 2.60 bits per heavy atom. The van der Waals surface area contributed by atoms with Gasteiger partial charge in [0.05, 0.1) is 11.5 Å². The maximum absolute atomic E-state index is 12.7. The van der Waals surface area contributed by atoms with Crippen molar-refractivity contribution >= 4 is 25.8 Å². The van der Waals surface area contributed by atoms with Gasteiger partial charge in [0.15, 0.2) is 9.84 Å². The van der Waals surface area contributed by atoms with Crippen molar-refractivity contribution in [3.05, 3.63) is 34.1 Å². The van der Waals surface area contributed by atoms with Gasteiger partial charge in [-0.05, 0) is 17.7 Å². The molecule has 0 bridgehead atoms. The van der Waals surface area contributed by atoms with E-state index < -0.39 is 15.7 Å². The summed E-state index contributed by atoms with van der Waals surface area (Å²) in [6.45, 7) is 0.0984. The Morgan fingerprint density at radius 1 is 1.40 bits per heavy atom. The minimum absolute atomic E-state index is 0.0587. The summed E-state index contributed by atoms with van der Waals surface area (Å²) in [5.74, 6) is -0.580. The molecule has 84 valence electrons. The fourth-order valence-electron chi connectivity index (χ4n) is 1.13. The first-order valence-corrected chi connectivity index (χ1v) is 6.90. The van der Waals surface area contributed by atoms with Crippen LogP contribution in [0, 0.1) is 5.82 Å². The molecule has 0 aliphatic heterocycles. The van der Waals surface area contributed by atoms with Crippen LogP contribution in [0.3, 0.4) is 0 Å². The first-order valence-electron chi connectivity index (χ1n) is 4.29. The molecular weight excluding hydrogens is 285 g/mol. The summed E-state index contributed by atoms with van der Waals surface area (Å²) >= 11 is 3.12. The molecule has 0 heterocycles. The highest BCUT2D eigenvalue weighted by molar-refractivity contribution is 9.10. The Balaban J connectivity index is 2.90. The van der Waals surface area contributed by atoms with E-state index in [9.17, 15) is 12.8 Å². The van der Waals surface area contributed by atoms with E-state index >= 15 is 0 Å². The SMILES string of the molecule is NCCS(=O)(=O)Cc1ccc(F)cc1Br.